The van der Waals surface area contributed by atoms with Crippen LogP contribution in [0.2, 0.25) is 15.1 Å². The Labute approximate surface area is 188 Å². The number of halogens is 3. The fraction of sp³-hybridized carbons (Fsp3) is 0.136. The molecule has 0 N–H and O–H groups in total. The van der Waals surface area contributed by atoms with Crippen LogP contribution in [0.3, 0.4) is 0 Å². The second-order valence-electron chi connectivity index (χ2n) is 6.50. The molecule has 3 aromatic carbocycles. The van der Waals surface area contributed by atoms with Crippen LogP contribution in [0.1, 0.15) is 16.5 Å². The van der Waals surface area contributed by atoms with E-state index in [1.165, 1.54) is 0 Å². The van der Waals surface area contributed by atoms with Crippen LogP contribution in [0.15, 0.2) is 66.7 Å². The van der Waals surface area contributed by atoms with Gasteiger partial charge in [-0.15, -0.1) is 11.8 Å². The number of hydrogen-bond donors (Lipinski definition) is 0. The lowest BCUT2D eigenvalue weighted by Gasteiger charge is -2.24. The van der Waals surface area contributed by atoms with Gasteiger partial charge in [-0.3, -0.25) is 9.69 Å². The van der Waals surface area contributed by atoms with Crippen molar-refractivity contribution in [1.82, 2.24) is 0 Å². The van der Waals surface area contributed by atoms with Crippen LogP contribution in [-0.2, 0) is 11.4 Å². The Hall–Kier alpha value is -1.85. The number of amides is 1. The maximum atomic E-state index is 12.5. The molecule has 1 amide bonds. The largest absolute Gasteiger partial charge is 0.489 e. The van der Waals surface area contributed by atoms with Crippen LogP contribution in [0.25, 0.3) is 0 Å². The van der Waals surface area contributed by atoms with Crippen molar-refractivity contribution < 1.29 is 9.53 Å². The first kappa shape index (κ1) is 20.4. The molecule has 1 heterocycles. The van der Waals surface area contributed by atoms with Crippen molar-refractivity contribution in [3.8, 4) is 5.75 Å². The summed E-state index contributed by atoms with van der Waals surface area (Å²) in [6.45, 7) is 0.350. The number of thioether (sulfide) groups is 1. The van der Waals surface area contributed by atoms with Crippen LogP contribution in [0.4, 0.5) is 5.69 Å². The van der Waals surface area contributed by atoms with Crippen LogP contribution in [0, 0.1) is 0 Å². The molecule has 0 saturated carbocycles. The molecule has 3 aromatic rings. The van der Waals surface area contributed by atoms with Gasteiger partial charge in [-0.1, -0.05) is 53.0 Å². The van der Waals surface area contributed by atoms with Gasteiger partial charge >= 0.3 is 0 Å². The molecular weight excluding hydrogens is 449 g/mol. The zero-order valence-electron chi connectivity index (χ0n) is 15.1. The fourth-order valence-electron chi connectivity index (χ4n) is 3.08. The molecule has 29 heavy (non-hydrogen) atoms. The van der Waals surface area contributed by atoms with E-state index in [-0.39, 0.29) is 11.3 Å². The molecule has 148 valence electrons. The summed E-state index contributed by atoms with van der Waals surface area (Å²) in [4.78, 5) is 14.3. The molecule has 0 unspecified atom stereocenters. The lowest BCUT2D eigenvalue weighted by Crippen LogP contribution is -2.27. The van der Waals surface area contributed by atoms with E-state index in [2.05, 4.69) is 0 Å². The molecule has 1 aliphatic heterocycles. The Bertz CT molecular complexity index is 1030. The van der Waals surface area contributed by atoms with Crippen LogP contribution in [-0.4, -0.2) is 11.7 Å². The predicted octanol–water partition coefficient (Wildman–Crippen LogP) is 7.00. The van der Waals surface area contributed by atoms with Gasteiger partial charge in [0.15, 0.2) is 0 Å². The van der Waals surface area contributed by atoms with Crippen molar-refractivity contribution in [2.45, 2.75) is 12.0 Å². The lowest BCUT2D eigenvalue weighted by molar-refractivity contribution is -0.115. The standard InChI is InChI=1S/C22H16Cl3NO2S/c23-16-5-7-18(8-6-16)26-21(27)13-29-22(26)14-2-9-19(10-3-14)28-12-15-1-4-17(24)11-20(15)25/h1-11,22H,12-13H2/t22-/m1/s1. The first-order valence-corrected chi connectivity index (χ1v) is 11.1. The van der Waals surface area contributed by atoms with Gasteiger partial charge in [0.25, 0.3) is 0 Å². The van der Waals surface area contributed by atoms with Gasteiger partial charge in [0.2, 0.25) is 5.91 Å². The van der Waals surface area contributed by atoms with Crippen LogP contribution in [0.5, 0.6) is 5.75 Å². The summed E-state index contributed by atoms with van der Waals surface area (Å²) in [5.74, 6) is 1.26. The Morgan fingerprint density at radius 2 is 1.62 bits per heavy atom. The second kappa shape index (κ2) is 8.88. The van der Waals surface area contributed by atoms with Gasteiger partial charge in [0.1, 0.15) is 17.7 Å². The zero-order chi connectivity index (χ0) is 20.4. The number of ether oxygens (including phenoxy) is 1. The molecule has 0 spiro atoms. The number of benzene rings is 3. The number of anilines is 1. The highest BCUT2D eigenvalue weighted by atomic mass is 35.5. The minimum atomic E-state index is -0.0802. The van der Waals surface area contributed by atoms with Gasteiger partial charge in [-0.25, -0.2) is 0 Å². The molecule has 0 aliphatic carbocycles. The third-order valence-corrected chi connectivity index (χ3v) is 6.60. The molecule has 3 nitrogen and oxygen atoms in total. The highest BCUT2D eigenvalue weighted by Crippen LogP contribution is 2.42. The Morgan fingerprint density at radius 3 is 2.31 bits per heavy atom. The summed E-state index contributed by atoms with van der Waals surface area (Å²) < 4.78 is 5.85. The topological polar surface area (TPSA) is 29.5 Å². The monoisotopic (exact) mass is 463 g/mol. The number of carbonyl (C=O) groups excluding carboxylic acids is 1. The maximum absolute atomic E-state index is 12.5. The number of carbonyl (C=O) groups is 1. The van der Waals surface area contributed by atoms with Crippen LogP contribution < -0.4 is 9.64 Å². The maximum Gasteiger partial charge on any atom is 0.238 e. The Kier molecular flexibility index (Phi) is 6.26. The summed E-state index contributed by atoms with van der Waals surface area (Å²) >= 11 is 19.7. The number of nitrogens with zero attached hydrogens (tertiary/aromatic N) is 1. The summed E-state index contributed by atoms with van der Waals surface area (Å²) in [5, 5.41) is 1.74. The molecule has 0 bridgehead atoms. The number of hydrogen-bond acceptors (Lipinski definition) is 3. The summed E-state index contributed by atoms with van der Waals surface area (Å²) in [6.07, 6.45) is 0. The molecule has 7 heteroatoms. The van der Waals surface area contributed by atoms with Crippen molar-refractivity contribution in [2.24, 2.45) is 0 Å². The van der Waals surface area contributed by atoms with Crippen molar-refractivity contribution in [1.29, 1.82) is 0 Å². The summed E-state index contributed by atoms with van der Waals surface area (Å²) in [6, 6.07) is 20.4. The predicted molar refractivity (Wildman–Crippen MR) is 121 cm³/mol. The highest BCUT2D eigenvalue weighted by Gasteiger charge is 2.33. The zero-order valence-corrected chi connectivity index (χ0v) is 18.2. The van der Waals surface area contributed by atoms with Gasteiger partial charge in [0.05, 0.1) is 5.75 Å². The summed E-state index contributed by atoms with van der Waals surface area (Å²) in [5.41, 5.74) is 2.74. The SMILES string of the molecule is O=C1CS[C@H](c2ccc(OCc3ccc(Cl)cc3Cl)cc2)N1c1ccc(Cl)cc1. The Morgan fingerprint density at radius 1 is 0.931 bits per heavy atom. The van der Waals surface area contributed by atoms with E-state index < -0.39 is 0 Å². The first-order valence-electron chi connectivity index (χ1n) is 8.87. The van der Waals surface area contributed by atoms with Gasteiger partial charge < -0.3 is 4.74 Å². The van der Waals surface area contributed by atoms with E-state index in [0.717, 1.165) is 22.6 Å². The molecular formula is C22H16Cl3NO2S. The molecule has 1 atom stereocenters. The van der Waals surface area contributed by atoms with Crippen molar-refractivity contribution in [3.63, 3.8) is 0 Å². The van der Waals surface area contributed by atoms with E-state index in [9.17, 15) is 4.79 Å². The van der Waals surface area contributed by atoms with E-state index >= 15 is 0 Å². The normalized spacial score (nSPS) is 16.3. The fourth-order valence-corrected chi connectivity index (χ4v) is 4.85. The van der Waals surface area contributed by atoms with Crippen LogP contribution >= 0.6 is 46.6 Å². The average Bonchev–Trinajstić information content (AvgIpc) is 3.10. The lowest BCUT2D eigenvalue weighted by atomic mass is 10.1. The minimum Gasteiger partial charge on any atom is -0.489 e. The minimum absolute atomic E-state index is 0.0802. The van der Waals surface area contributed by atoms with Crippen molar-refractivity contribution in [2.75, 3.05) is 10.7 Å². The quantitative estimate of drug-likeness (QED) is 0.407. The highest BCUT2D eigenvalue weighted by molar-refractivity contribution is 8.00. The molecule has 1 aliphatic rings. The van der Waals surface area contributed by atoms with Crippen molar-refractivity contribution in [3.05, 3.63) is 92.9 Å². The molecule has 0 radical (unpaired) electrons. The Balaban J connectivity index is 1.48. The molecule has 1 saturated heterocycles. The third-order valence-electron chi connectivity index (χ3n) is 4.55. The van der Waals surface area contributed by atoms with E-state index in [4.69, 9.17) is 39.5 Å². The van der Waals surface area contributed by atoms with Gasteiger partial charge in [-0.05, 0) is 54.1 Å². The average molecular weight is 465 g/mol. The molecule has 0 aromatic heterocycles. The summed E-state index contributed by atoms with van der Waals surface area (Å²) in [7, 11) is 0. The number of rotatable bonds is 5. The molecule has 4 rings (SSSR count). The third kappa shape index (κ3) is 4.67. The van der Waals surface area contributed by atoms with Crippen molar-refractivity contribution >= 4 is 58.2 Å². The van der Waals surface area contributed by atoms with E-state index in [1.54, 1.807) is 36.0 Å². The molecule has 1 fully saturated rings. The van der Waals surface area contributed by atoms with Gasteiger partial charge in [0, 0.05) is 26.3 Å². The second-order valence-corrected chi connectivity index (χ2v) is 8.85. The van der Waals surface area contributed by atoms with Gasteiger partial charge in [-0.2, -0.15) is 0 Å². The van der Waals surface area contributed by atoms with E-state index in [1.807, 2.05) is 47.4 Å². The van der Waals surface area contributed by atoms with E-state index in [0.29, 0.717) is 27.4 Å². The smallest absolute Gasteiger partial charge is 0.238 e. The first-order chi connectivity index (χ1) is 14.0.